The largest absolute Gasteiger partial charge is 0.316 e. The van der Waals surface area contributed by atoms with Gasteiger partial charge in [0.25, 0.3) is 0 Å². The molecule has 0 fully saturated rings. The van der Waals surface area contributed by atoms with Crippen molar-refractivity contribution in [1.29, 1.82) is 0 Å². The normalized spacial score (nSPS) is 0. The van der Waals surface area contributed by atoms with Crippen molar-refractivity contribution in [3.8, 4) is 0 Å². The van der Waals surface area contributed by atoms with Crippen LogP contribution in [0.4, 0.5) is 0 Å². The fourth-order valence-corrected chi connectivity index (χ4v) is 0. The Hall–Kier alpha value is 2.04. The summed E-state index contributed by atoms with van der Waals surface area (Å²) in [6, 6.07) is 0. The molecule has 0 aromatic carbocycles. The summed E-state index contributed by atoms with van der Waals surface area (Å²) in [6.45, 7) is 0. The molecule has 0 atom stereocenters. The Balaban J connectivity index is 0. The third-order valence-corrected chi connectivity index (χ3v) is 0. The van der Waals surface area contributed by atoms with E-state index in [-0.39, 0.29) is 68.4 Å². The van der Waals surface area contributed by atoms with Crippen molar-refractivity contribution in [2.24, 2.45) is 0 Å². The Bertz CT molecular complexity index is 8.00. The summed E-state index contributed by atoms with van der Waals surface area (Å²) in [5, 5.41) is 0. The average molecular weight is 136 g/mol. The van der Waals surface area contributed by atoms with Gasteiger partial charge in [-0.2, -0.15) is 0 Å². The quantitative estimate of drug-likeness (QED) is 0.349. The Morgan fingerprint density at radius 1 is 1.00 bits per heavy atom. The summed E-state index contributed by atoms with van der Waals surface area (Å²) in [4.78, 5) is 0. The van der Waals surface area contributed by atoms with Crippen molar-refractivity contribution in [3.63, 3.8) is 0 Å². The van der Waals surface area contributed by atoms with Crippen LogP contribution in [0.3, 0.4) is 0 Å². The maximum absolute atomic E-state index is 0. The molecule has 0 saturated heterocycles. The van der Waals surface area contributed by atoms with Gasteiger partial charge in [-0.15, -0.1) is 0 Å². The van der Waals surface area contributed by atoms with Crippen LogP contribution < -0.4 is 0 Å². The first-order chi connectivity index (χ1) is 0. The molecule has 0 aromatic heterocycles. The second-order valence-corrected chi connectivity index (χ2v) is 0. The van der Waals surface area contributed by atoms with Crippen LogP contribution in [0.5, 0.6) is 0 Å². The zero-order valence-electron chi connectivity index (χ0n) is 1.46. The van der Waals surface area contributed by atoms with E-state index in [0.29, 0.717) is 0 Å². The van der Waals surface area contributed by atoms with Crippen LogP contribution in [0.25, 0.3) is 0 Å². The van der Waals surface area contributed by atoms with E-state index in [1.54, 1.807) is 0 Å². The molecule has 0 rings (SSSR count). The predicted molar refractivity (Wildman–Crippen MR) is 20.1 cm³/mol. The van der Waals surface area contributed by atoms with Crippen molar-refractivity contribution in [2.45, 2.75) is 0 Å². The van der Waals surface area contributed by atoms with Gasteiger partial charge in [0.05, 0.1) is 0 Å². The van der Waals surface area contributed by atoms with Crippen LogP contribution >= 0.6 is 0 Å². The second kappa shape index (κ2) is 19.8. The molecule has 0 aliphatic heterocycles. The van der Waals surface area contributed by atoms with Gasteiger partial charge < -0.3 is 0 Å². The molecule has 18 valence electrons. The minimum absolute atomic E-state index is 0. The summed E-state index contributed by atoms with van der Waals surface area (Å²) >= 11 is 0. The molecule has 4 heteroatoms. The van der Waals surface area contributed by atoms with Gasteiger partial charge in [0, 0.05) is 45.4 Å². The Labute approximate surface area is 67.9 Å². The van der Waals surface area contributed by atoms with Gasteiger partial charge in [-0.1, -0.05) is 0 Å². The smallest absolute Gasteiger partial charge is 0 e. The van der Waals surface area contributed by atoms with Crippen molar-refractivity contribution >= 4 is 51.4 Å². The third-order valence-electron chi connectivity index (χ3n) is 0. The molecule has 0 unspecified atom stereocenters. The molecular weight excluding hydrogens is 134 g/mol. The second-order valence-electron chi connectivity index (χ2n) is 0. The van der Waals surface area contributed by atoms with Gasteiger partial charge >= 0.3 is 23.1 Å². The van der Waals surface area contributed by atoms with Crippen LogP contribution in [0.2, 0.25) is 0 Å². The molecule has 0 saturated carbocycles. The maximum atomic E-state index is 0. The number of hydrogen-bond donors (Lipinski definition) is 0. The fourth-order valence-electron chi connectivity index (χ4n) is 0. The van der Waals surface area contributed by atoms with Crippen LogP contribution in [0.15, 0.2) is 0 Å². The Kier molecular flexibility index (Phi) is 183. The number of hydrogen-bond acceptors (Lipinski definition) is 0. The molecule has 0 bridgehead atoms. The summed E-state index contributed by atoms with van der Waals surface area (Å²) in [5.74, 6) is 0. The van der Waals surface area contributed by atoms with Crippen molar-refractivity contribution in [3.05, 3.63) is 0 Å². The van der Waals surface area contributed by atoms with Crippen LogP contribution in [-0.4, -0.2) is 51.4 Å². The third kappa shape index (κ3) is 8.97. The van der Waals surface area contributed by atoms with E-state index in [4.69, 9.17) is 0 Å². The minimum Gasteiger partial charge on any atom is 0 e. The van der Waals surface area contributed by atoms with E-state index >= 15 is 0 Å². The van der Waals surface area contributed by atoms with Gasteiger partial charge in [0.2, 0.25) is 0 Å². The molecule has 0 heterocycles. The molecule has 0 aromatic rings. The first-order valence-corrected chi connectivity index (χ1v) is 0. The van der Waals surface area contributed by atoms with Gasteiger partial charge in [0.1, 0.15) is 0 Å². The molecule has 0 N–H and O–H groups in total. The van der Waals surface area contributed by atoms with Crippen molar-refractivity contribution < 1.29 is 17.1 Å². The van der Waals surface area contributed by atoms with E-state index < -0.39 is 0 Å². The maximum Gasteiger partial charge on any atom is 0.316 e. The molecule has 0 aliphatic rings. The van der Waals surface area contributed by atoms with Crippen molar-refractivity contribution in [1.82, 2.24) is 0 Å². The first-order valence-electron chi connectivity index (χ1n) is 0. The van der Waals surface area contributed by atoms with E-state index in [2.05, 4.69) is 0 Å². The molecule has 0 nitrogen and oxygen atoms in total. The van der Waals surface area contributed by atoms with Crippen LogP contribution in [0.1, 0.15) is 0 Å². The Morgan fingerprint density at radius 2 is 1.00 bits per heavy atom. The van der Waals surface area contributed by atoms with E-state index in [1.807, 2.05) is 0 Å². The van der Waals surface area contributed by atoms with E-state index in [1.165, 1.54) is 0 Å². The van der Waals surface area contributed by atoms with Crippen LogP contribution in [0, 0.1) is 0 Å². The van der Waals surface area contributed by atoms with Crippen molar-refractivity contribution in [2.75, 3.05) is 0 Å². The summed E-state index contributed by atoms with van der Waals surface area (Å²) in [6.07, 6.45) is 0. The minimum atomic E-state index is 0. The van der Waals surface area contributed by atoms with Gasteiger partial charge in [-0.25, -0.2) is 0 Å². The predicted octanol–water partition coefficient (Wildman–Crippen LogP) is -1.68. The zero-order chi connectivity index (χ0) is 0. The van der Waals surface area contributed by atoms with Crippen LogP contribution in [-0.2, 0) is 17.1 Å². The average Bonchev–Trinajstić information content (AvgIpc) is 0. The molecule has 0 aliphatic carbocycles. The SMILES string of the molecule is [Al].[MgH2].[Mn].[Si]. The zero-order valence-corrected chi connectivity index (χ0v) is 4.79. The topological polar surface area (TPSA) is 0 Å². The van der Waals surface area contributed by atoms with Gasteiger partial charge in [0.15, 0.2) is 0 Å². The molecule has 0 spiro atoms. The standard InChI is InChI=1S/Al.Mg.Mn.Si.2H. The monoisotopic (exact) mass is 136 g/mol. The first kappa shape index (κ1) is 36.9. The van der Waals surface area contributed by atoms with Gasteiger partial charge in [-0.05, 0) is 0 Å². The van der Waals surface area contributed by atoms with E-state index in [0.717, 1.165) is 0 Å². The number of rotatable bonds is 0. The summed E-state index contributed by atoms with van der Waals surface area (Å²) in [7, 11) is 0. The molecule has 8 radical (unpaired) electrons. The fraction of sp³-hybridized carbons (Fsp3) is 0. The molecular formula is H2AlMgMnSi. The molecule has 0 amide bonds. The molecule has 4 heavy (non-hydrogen) atoms. The Morgan fingerprint density at radius 3 is 1.00 bits per heavy atom. The van der Waals surface area contributed by atoms with E-state index in [9.17, 15) is 0 Å². The summed E-state index contributed by atoms with van der Waals surface area (Å²) < 4.78 is 0. The van der Waals surface area contributed by atoms with Gasteiger partial charge in [-0.3, -0.25) is 0 Å². The summed E-state index contributed by atoms with van der Waals surface area (Å²) in [5.41, 5.74) is 0.